The first-order valence-electron chi connectivity index (χ1n) is 34.6. The van der Waals surface area contributed by atoms with Crippen LogP contribution in [0.2, 0.25) is 0 Å². The molecule has 8 fully saturated rings. The summed E-state index contributed by atoms with van der Waals surface area (Å²) >= 11 is 0. The SMILES string of the molecule is N[C@H]1[C@H](OC[C@@H](O)[C@@H](O)[C@H](O)[C@@H](N)CO)O[C@H](CO[C@]2(C(=O)O)C[C@@H](O)[C@@H](O[C@H]3O[C@H]([C@@H](O)CO)[C@@H](O[C@@H]4O[C@H](CO)[C@@H](O)[C@H](O)[C@H]4O)[C@H](O[C@H]4O[C@H]([C@@H](O)CO)[C@@H](O)[C@H](O[C@H]5O[C@H](CO)[C@@H](O[C@@H]6O[C@H](CO)[C@@H](O)[C@H](O)[C@H]6O)[C@H](O)[C@H]5O)[C@@H]4O[C@H]4O[C@H]([C@@H](O)CO)[C@@H](O)[C@H](O)[C@@H]4O)[C@@H]3O)[C@@H]([C@H](O)CO)O2)[C@@H](O)[C@@H]1O. The number of aliphatic hydroxyl groups excluding tert-OH is 31. The fraction of sp³-hybridized carbons (Fsp3) is 0.983. The van der Waals surface area contributed by atoms with Gasteiger partial charge in [-0.1, -0.05) is 0 Å². The largest absolute Gasteiger partial charge is 0.477 e. The van der Waals surface area contributed by atoms with E-state index < -0.39 is 366 Å². The molecule has 0 aromatic heterocycles. The third-order valence-corrected chi connectivity index (χ3v) is 20.1. The first-order valence-corrected chi connectivity index (χ1v) is 34.6. The third kappa shape index (κ3) is 19.9. The number of carboxylic acids is 1. The number of aliphatic hydroxyl groups is 31. The molecule has 0 unspecified atom stereocenters. The number of hydrogen-bond donors (Lipinski definition) is 34. The topological polar surface area (TPSA) is 864 Å². The highest BCUT2D eigenvalue weighted by atomic mass is 16.8. The van der Waals surface area contributed by atoms with Crippen LogP contribution >= 0.6 is 0 Å². The summed E-state index contributed by atoms with van der Waals surface area (Å²) in [6.45, 7) is -12.0. The van der Waals surface area contributed by atoms with Crippen LogP contribution in [0.25, 0.3) is 0 Å². The molecular formula is C59H104N2O49. The van der Waals surface area contributed by atoms with Crippen molar-refractivity contribution in [3.63, 3.8) is 0 Å². The zero-order valence-corrected chi connectivity index (χ0v) is 57.7. The van der Waals surface area contributed by atoms with Crippen molar-refractivity contribution < 1.29 is 244 Å². The number of carboxylic acid groups (broad SMARTS) is 1. The Labute approximate surface area is 620 Å². The highest BCUT2D eigenvalue weighted by Crippen LogP contribution is 2.43. The van der Waals surface area contributed by atoms with Gasteiger partial charge in [0.05, 0.1) is 90.4 Å². The number of ether oxygens (including phenoxy) is 16. The molecule has 47 atom stereocenters. The molecule has 36 N–H and O–H groups in total. The minimum absolute atomic E-state index is 0.843. The average Bonchev–Trinajstić information content (AvgIpc) is 0.752. The fourth-order valence-electron chi connectivity index (χ4n) is 13.5. The number of nitrogens with two attached hydrogens (primary N) is 2. The van der Waals surface area contributed by atoms with Gasteiger partial charge in [0.25, 0.3) is 5.79 Å². The van der Waals surface area contributed by atoms with Gasteiger partial charge in [0.2, 0.25) is 0 Å². The summed E-state index contributed by atoms with van der Waals surface area (Å²) in [6, 6.07) is -3.15. The molecule has 644 valence electrons. The summed E-state index contributed by atoms with van der Waals surface area (Å²) in [5, 5.41) is 350. The van der Waals surface area contributed by atoms with Gasteiger partial charge in [0.1, 0.15) is 214 Å². The van der Waals surface area contributed by atoms with Crippen molar-refractivity contribution in [3.8, 4) is 0 Å². The van der Waals surface area contributed by atoms with Crippen molar-refractivity contribution in [3.05, 3.63) is 0 Å². The van der Waals surface area contributed by atoms with E-state index in [1.807, 2.05) is 0 Å². The molecule has 8 saturated heterocycles. The quantitative estimate of drug-likeness (QED) is 0.0284. The van der Waals surface area contributed by atoms with Crippen LogP contribution in [0.5, 0.6) is 0 Å². The van der Waals surface area contributed by atoms with Gasteiger partial charge in [-0.25, -0.2) is 4.79 Å². The zero-order valence-electron chi connectivity index (χ0n) is 57.7. The number of carbonyl (C=O) groups is 1. The molecule has 0 saturated carbocycles. The fourth-order valence-corrected chi connectivity index (χ4v) is 13.5. The standard InChI is InChI=1S/C59H104N2O49/c60-12(2-62)24(76)25(77)18(75)10-95-51-23(61)29(81)28(80)22(100-51)11-96-59(58(93)94)1-13(70)43(45(110-59)17(74)6-66)103-56-40(92)48(49(44(104-56)16(73)5-65)108-53-36(88)31(83)27(79)20(8-68)98-53)107-57-50(109-55-37(89)32(84)33(85)41(101-55)14(71)3-63)47(39(91)42(102-57)15(72)4-64)106-54-38(90)34(86)46(21(9-69)99-54)105-52-35(87)30(82)26(78)19(7-67)97-52/h12-57,62-92H,1-11,60-61H2,(H,93,94)/t12-,13+,14-,15-,16-,17+,18+,19+,20+,21+,22+,23+,24+,25+,26+,27+,28+,29+,30-,31-,32-,33-,34+,35+,36+,37-,38+,39+,40-,41+,42+,43+,44+,45+,46+,47-,48+,49+,50-,51+,52-,53-,54+,55+,56-,57+,59+/m0/s1. The van der Waals surface area contributed by atoms with Crippen molar-refractivity contribution in [2.75, 3.05) is 66.1 Å². The minimum Gasteiger partial charge on any atom is -0.477 e. The lowest BCUT2D eigenvalue weighted by Crippen LogP contribution is -2.71. The van der Waals surface area contributed by atoms with Gasteiger partial charge in [0, 0.05) is 6.42 Å². The number of aliphatic carboxylic acids is 1. The van der Waals surface area contributed by atoms with Gasteiger partial charge in [-0.3, -0.25) is 0 Å². The molecule has 51 heteroatoms. The molecule has 8 aliphatic heterocycles. The summed E-state index contributed by atoms with van der Waals surface area (Å²) < 4.78 is 93.1. The Bertz CT molecular complexity index is 2760. The van der Waals surface area contributed by atoms with Crippen LogP contribution in [0, 0.1) is 0 Å². The molecule has 0 aromatic carbocycles. The van der Waals surface area contributed by atoms with Crippen molar-refractivity contribution in [2.45, 2.75) is 294 Å². The van der Waals surface area contributed by atoms with Crippen LogP contribution in [0.15, 0.2) is 0 Å². The molecule has 0 spiro atoms. The van der Waals surface area contributed by atoms with E-state index in [2.05, 4.69) is 0 Å². The van der Waals surface area contributed by atoms with E-state index >= 15 is 0 Å². The van der Waals surface area contributed by atoms with Crippen molar-refractivity contribution in [1.82, 2.24) is 0 Å². The molecule has 51 nitrogen and oxygen atoms in total. The minimum atomic E-state index is -3.30. The molecule has 0 bridgehead atoms. The predicted molar refractivity (Wildman–Crippen MR) is 332 cm³/mol. The van der Waals surface area contributed by atoms with Crippen LogP contribution in [0.4, 0.5) is 0 Å². The normalized spacial score (nSPS) is 48.0. The highest BCUT2D eigenvalue weighted by molar-refractivity contribution is 5.76. The number of hydrogen-bond acceptors (Lipinski definition) is 50. The van der Waals surface area contributed by atoms with Gasteiger partial charge in [0.15, 0.2) is 44.0 Å². The number of rotatable bonds is 34. The molecular weight excluding hydrogens is 1520 g/mol. The summed E-state index contributed by atoms with van der Waals surface area (Å²) in [6.07, 6.45) is -104. The predicted octanol–water partition coefficient (Wildman–Crippen LogP) is -23.1. The second kappa shape index (κ2) is 40.3. The maximum Gasteiger partial charge on any atom is 0.364 e. The van der Waals surface area contributed by atoms with E-state index in [9.17, 15) is 168 Å². The van der Waals surface area contributed by atoms with Crippen LogP contribution in [0.3, 0.4) is 0 Å². The van der Waals surface area contributed by atoms with Crippen LogP contribution in [-0.2, 0) is 80.6 Å². The summed E-state index contributed by atoms with van der Waals surface area (Å²) in [5.74, 6) is -5.47. The Morgan fingerprint density at radius 2 is 0.764 bits per heavy atom. The van der Waals surface area contributed by atoms with Crippen LogP contribution in [-0.4, -0.2) is 523 Å². The Hall–Kier alpha value is -2.49. The van der Waals surface area contributed by atoms with E-state index in [-0.39, 0.29) is 0 Å². The molecule has 0 aliphatic carbocycles. The Morgan fingerprint density at radius 3 is 1.28 bits per heavy atom. The second-order valence-electron chi connectivity index (χ2n) is 27.6. The van der Waals surface area contributed by atoms with Crippen LogP contribution in [0.1, 0.15) is 6.42 Å². The van der Waals surface area contributed by atoms with E-state index in [4.69, 9.17) is 87.3 Å². The van der Waals surface area contributed by atoms with Crippen molar-refractivity contribution in [2.24, 2.45) is 11.5 Å². The smallest absolute Gasteiger partial charge is 0.364 e. The lowest BCUT2D eigenvalue weighted by Gasteiger charge is -2.53. The zero-order chi connectivity index (χ0) is 81.7. The summed E-state index contributed by atoms with van der Waals surface area (Å²) in [5.41, 5.74) is 11.5. The molecule has 0 amide bonds. The van der Waals surface area contributed by atoms with E-state index in [1.165, 1.54) is 0 Å². The lowest BCUT2D eigenvalue weighted by molar-refractivity contribution is -0.424. The monoisotopic (exact) mass is 1620 g/mol. The van der Waals surface area contributed by atoms with Gasteiger partial charge in [-0.15, -0.1) is 0 Å². The Kier molecular flexibility index (Phi) is 34.1. The highest BCUT2D eigenvalue weighted by Gasteiger charge is 2.63. The first kappa shape index (κ1) is 93.0. The Balaban J connectivity index is 1.18. The van der Waals surface area contributed by atoms with Gasteiger partial charge in [-0.2, -0.15) is 0 Å². The van der Waals surface area contributed by atoms with Gasteiger partial charge >= 0.3 is 5.97 Å². The first-order chi connectivity index (χ1) is 51.8. The van der Waals surface area contributed by atoms with E-state index in [0.717, 1.165) is 0 Å². The molecule has 0 aromatic rings. The van der Waals surface area contributed by atoms with Gasteiger partial charge in [-0.05, 0) is 0 Å². The molecule has 8 aliphatic rings. The molecule has 110 heavy (non-hydrogen) atoms. The lowest BCUT2D eigenvalue weighted by atomic mass is 9.91. The molecule has 8 rings (SSSR count). The second-order valence-corrected chi connectivity index (χ2v) is 27.6. The summed E-state index contributed by atoms with van der Waals surface area (Å²) in [7, 11) is 0. The van der Waals surface area contributed by atoms with E-state index in [0.29, 0.717) is 0 Å². The van der Waals surface area contributed by atoms with Crippen molar-refractivity contribution in [1.29, 1.82) is 0 Å². The maximum atomic E-state index is 13.4. The average molecular weight is 1630 g/mol. The molecule has 8 heterocycles. The molecule has 0 radical (unpaired) electrons. The van der Waals surface area contributed by atoms with Crippen LogP contribution < -0.4 is 11.5 Å². The van der Waals surface area contributed by atoms with Crippen molar-refractivity contribution >= 4 is 5.97 Å². The summed E-state index contributed by atoms with van der Waals surface area (Å²) in [4.78, 5) is 13.4. The third-order valence-electron chi connectivity index (χ3n) is 20.1. The Morgan fingerprint density at radius 1 is 0.373 bits per heavy atom. The van der Waals surface area contributed by atoms with E-state index in [1.54, 1.807) is 0 Å². The maximum absolute atomic E-state index is 13.4. The van der Waals surface area contributed by atoms with Gasteiger partial charge < -0.3 is 251 Å².